The summed E-state index contributed by atoms with van der Waals surface area (Å²) in [5, 5.41) is 12.9. The summed E-state index contributed by atoms with van der Waals surface area (Å²) in [5.74, 6) is 3.97. The zero-order chi connectivity index (χ0) is 23.3. The van der Waals surface area contributed by atoms with Crippen LogP contribution in [0.2, 0.25) is 0 Å². The summed E-state index contributed by atoms with van der Waals surface area (Å²) in [4.78, 5) is 7.16. The number of thioether (sulfide) groups is 1. The number of ether oxygens (including phenoxy) is 2. The second kappa shape index (κ2) is 10.5. The summed E-state index contributed by atoms with van der Waals surface area (Å²) in [6, 6.07) is 9.83. The van der Waals surface area contributed by atoms with Crippen LogP contribution in [-0.2, 0) is 12.3 Å². The van der Waals surface area contributed by atoms with Gasteiger partial charge in [0.05, 0.1) is 32.2 Å². The van der Waals surface area contributed by atoms with Crippen molar-refractivity contribution in [2.24, 2.45) is 0 Å². The van der Waals surface area contributed by atoms with Gasteiger partial charge in [-0.2, -0.15) is 0 Å². The predicted molar refractivity (Wildman–Crippen MR) is 134 cm³/mol. The molecule has 1 aliphatic rings. The van der Waals surface area contributed by atoms with Crippen LogP contribution in [-0.4, -0.2) is 46.6 Å². The fourth-order valence-corrected chi connectivity index (χ4v) is 5.70. The fraction of sp³-hybridized carbons (Fsp3) is 0.375. The Bertz CT molecular complexity index is 1220. The molecule has 0 saturated carbocycles. The van der Waals surface area contributed by atoms with E-state index in [2.05, 4.69) is 25.0 Å². The van der Waals surface area contributed by atoms with Crippen LogP contribution in [0.15, 0.2) is 51.5 Å². The molecule has 0 radical (unpaired) electrons. The van der Waals surface area contributed by atoms with Gasteiger partial charge in [-0.05, 0) is 50.1 Å². The largest absolute Gasteiger partial charge is 0.493 e. The molecule has 0 amide bonds. The van der Waals surface area contributed by atoms with Crippen LogP contribution in [0.1, 0.15) is 31.2 Å². The maximum Gasteiger partial charge on any atom is 0.228 e. The van der Waals surface area contributed by atoms with E-state index in [1.54, 1.807) is 36.5 Å². The highest BCUT2D eigenvalue weighted by molar-refractivity contribution is 7.98. The van der Waals surface area contributed by atoms with Gasteiger partial charge in [-0.3, -0.25) is 4.57 Å². The van der Waals surface area contributed by atoms with Crippen molar-refractivity contribution >= 4 is 29.0 Å². The minimum absolute atomic E-state index is 0.596. The molecule has 34 heavy (non-hydrogen) atoms. The van der Waals surface area contributed by atoms with Gasteiger partial charge in [-0.1, -0.05) is 11.8 Å². The zero-order valence-electron chi connectivity index (χ0n) is 19.3. The molecule has 8 nitrogen and oxygen atoms in total. The lowest BCUT2D eigenvalue weighted by molar-refractivity contribution is 0.311. The first-order chi connectivity index (χ1) is 16.7. The van der Waals surface area contributed by atoms with Crippen molar-refractivity contribution in [1.82, 2.24) is 19.7 Å². The van der Waals surface area contributed by atoms with E-state index in [9.17, 15) is 0 Å². The molecule has 0 atom stereocenters. The van der Waals surface area contributed by atoms with Crippen molar-refractivity contribution < 1.29 is 13.9 Å². The van der Waals surface area contributed by atoms with Crippen molar-refractivity contribution in [3.05, 3.63) is 53.4 Å². The number of thiazole rings is 1. The summed E-state index contributed by atoms with van der Waals surface area (Å²) in [7, 11) is 1.65. The summed E-state index contributed by atoms with van der Waals surface area (Å²) in [6.07, 6.45) is 4.08. The number of benzene rings is 1. The van der Waals surface area contributed by atoms with Crippen LogP contribution in [0.4, 0.5) is 5.95 Å². The summed E-state index contributed by atoms with van der Waals surface area (Å²) in [6.45, 7) is 5.20. The van der Waals surface area contributed by atoms with Crippen molar-refractivity contribution in [1.29, 1.82) is 0 Å². The molecule has 0 bridgehead atoms. The average molecular weight is 498 g/mol. The van der Waals surface area contributed by atoms with Crippen LogP contribution >= 0.6 is 23.1 Å². The molecule has 1 saturated heterocycles. The van der Waals surface area contributed by atoms with Gasteiger partial charge >= 0.3 is 0 Å². The maximum atomic E-state index is 5.63. The lowest BCUT2D eigenvalue weighted by Crippen LogP contribution is -2.22. The lowest BCUT2D eigenvalue weighted by atomic mass is 10.2. The first kappa shape index (κ1) is 22.8. The Morgan fingerprint density at radius 2 is 2.03 bits per heavy atom. The number of rotatable bonds is 10. The third kappa shape index (κ3) is 4.92. The lowest BCUT2D eigenvalue weighted by Gasteiger charge is -2.17. The third-order valence-electron chi connectivity index (χ3n) is 5.59. The Labute approximate surface area is 206 Å². The molecule has 5 rings (SSSR count). The van der Waals surface area contributed by atoms with Gasteiger partial charge in [-0.25, -0.2) is 4.98 Å². The Kier molecular flexibility index (Phi) is 7.05. The number of hydrogen-bond acceptors (Lipinski definition) is 9. The van der Waals surface area contributed by atoms with Gasteiger partial charge in [0.25, 0.3) is 0 Å². The highest BCUT2D eigenvalue weighted by Crippen LogP contribution is 2.35. The summed E-state index contributed by atoms with van der Waals surface area (Å²) >= 11 is 3.27. The molecule has 1 fully saturated rings. The Balaban J connectivity index is 1.32. The van der Waals surface area contributed by atoms with Crippen LogP contribution < -0.4 is 14.4 Å². The molecule has 10 heteroatoms. The van der Waals surface area contributed by atoms with Gasteiger partial charge in [0.15, 0.2) is 16.7 Å². The van der Waals surface area contributed by atoms with Gasteiger partial charge in [0.2, 0.25) is 5.95 Å². The summed E-state index contributed by atoms with van der Waals surface area (Å²) in [5.41, 5.74) is 2.02. The average Bonchev–Trinajstić information content (AvgIpc) is 3.66. The van der Waals surface area contributed by atoms with E-state index in [4.69, 9.17) is 18.9 Å². The zero-order valence-corrected chi connectivity index (χ0v) is 20.9. The molecule has 0 N–H and O–H groups in total. The molecule has 178 valence electrons. The van der Waals surface area contributed by atoms with Crippen molar-refractivity contribution in [3.63, 3.8) is 0 Å². The van der Waals surface area contributed by atoms with Crippen LogP contribution in [0, 0.1) is 0 Å². The van der Waals surface area contributed by atoms with E-state index >= 15 is 0 Å². The number of anilines is 1. The van der Waals surface area contributed by atoms with E-state index in [1.165, 1.54) is 12.8 Å². The smallest absolute Gasteiger partial charge is 0.228 e. The molecular weight excluding hydrogens is 470 g/mol. The van der Waals surface area contributed by atoms with Crippen molar-refractivity contribution in [2.45, 2.75) is 37.2 Å². The molecule has 0 spiro atoms. The van der Waals surface area contributed by atoms with Crippen LogP contribution in [0.3, 0.4) is 0 Å². The Hall–Kier alpha value is -2.98. The predicted octanol–water partition coefficient (Wildman–Crippen LogP) is 5.34. The van der Waals surface area contributed by atoms with Gasteiger partial charge in [0, 0.05) is 29.8 Å². The number of furan rings is 1. The monoisotopic (exact) mass is 497 g/mol. The molecule has 3 aromatic heterocycles. The number of methoxy groups -OCH3 is 1. The van der Waals surface area contributed by atoms with Gasteiger partial charge in [0.1, 0.15) is 10.8 Å². The SMILES string of the molecule is CCOc1ccc(-c2nc(CSc3nnc(N4CCCC4)n3Cc3ccco3)cs2)cc1OC. The second-order valence-electron chi connectivity index (χ2n) is 7.87. The fourth-order valence-electron chi connectivity index (χ4n) is 3.96. The van der Waals surface area contributed by atoms with Crippen LogP contribution in [0.5, 0.6) is 11.5 Å². The Morgan fingerprint density at radius 1 is 1.15 bits per heavy atom. The normalized spacial score (nSPS) is 13.5. The molecule has 0 unspecified atom stereocenters. The van der Waals surface area contributed by atoms with E-state index in [1.807, 2.05) is 37.3 Å². The van der Waals surface area contributed by atoms with E-state index in [0.717, 1.165) is 52.0 Å². The topological polar surface area (TPSA) is 78.4 Å². The second-order valence-corrected chi connectivity index (χ2v) is 9.67. The molecule has 0 aliphatic carbocycles. The van der Waals surface area contributed by atoms with Crippen molar-refractivity contribution in [2.75, 3.05) is 31.7 Å². The van der Waals surface area contributed by atoms with Crippen molar-refractivity contribution in [3.8, 4) is 22.1 Å². The molecule has 1 aliphatic heterocycles. The standard InChI is InChI=1S/C24H27N5O3S2/c1-3-31-20-9-8-17(13-21(20)30-2)22-25-18(15-33-22)16-34-24-27-26-23(28-10-4-5-11-28)29(24)14-19-7-6-12-32-19/h6-9,12-13,15H,3-5,10-11,14,16H2,1-2H3. The molecular formula is C24H27N5O3S2. The minimum Gasteiger partial charge on any atom is -0.493 e. The maximum absolute atomic E-state index is 5.63. The van der Waals surface area contributed by atoms with E-state index < -0.39 is 0 Å². The first-order valence-electron chi connectivity index (χ1n) is 11.3. The quantitative estimate of drug-likeness (QED) is 0.272. The van der Waals surface area contributed by atoms with Crippen LogP contribution in [0.25, 0.3) is 10.6 Å². The van der Waals surface area contributed by atoms with E-state index in [0.29, 0.717) is 24.7 Å². The van der Waals surface area contributed by atoms with E-state index in [-0.39, 0.29) is 0 Å². The molecule has 4 aromatic rings. The Morgan fingerprint density at radius 3 is 2.79 bits per heavy atom. The first-order valence-corrected chi connectivity index (χ1v) is 13.2. The highest BCUT2D eigenvalue weighted by Gasteiger charge is 2.22. The summed E-state index contributed by atoms with van der Waals surface area (Å²) < 4.78 is 18.9. The van der Waals surface area contributed by atoms with Gasteiger partial charge in [-0.15, -0.1) is 21.5 Å². The third-order valence-corrected chi connectivity index (χ3v) is 7.53. The number of nitrogens with zero attached hydrogens (tertiary/aromatic N) is 5. The molecule has 4 heterocycles. The van der Waals surface area contributed by atoms with Gasteiger partial charge < -0.3 is 18.8 Å². The molecule has 1 aromatic carbocycles. The number of hydrogen-bond donors (Lipinski definition) is 0. The minimum atomic E-state index is 0.596. The number of aromatic nitrogens is 4. The highest BCUT2D eigenvalue weighted by atomic mass is 32.2.